The zero-order valence-electron chi connectivity index (χ0n) is 10.6. The number of aromatic nitrogens is 3. The molecule has 0 amide bonds. The molecule has 2 aromatic heterocycles. The van der Waals surface area contributed by atoms with Crippen LogP contribution in [0.4, 0.5) is 0 Å². The van der Waals surface area contributed by atoms with E-state index in [1.54, 1.807) is 13.3 Å². The standard InChI is InChI=1S/C12H17N3OS/c1-8-5-6-13-10-9(8)14-11(17)15(10)12(2,3)7-16-4/h5-6H,7H2,1-4H3,(H,14,17). The second kappa shape index (κ2) is 4.23. The minimum absolute atomic E-state index is 0.217. The van der Waals surface area contributed by atoms with Crippen molar-refractivity contribution in [3.05, 3.63) is 22.6 Å². The van der Waals surface area contributed by atoms with Crippen LogP contribution in [0.3, 0.4) is 0 Å². The molecule has 2 aromatic rings. The molecule has 0 aliphatic rings. The fraction of sp³-hybridized carbons (Fsp3) is 0.500. The number of methoxy groups -OCH3 is 1. The third kappa shape index (κ3) is 2.00. The lowest BCUT2D eigenvalue weighted by Gasteiger charge is -2.25. The van der Waals surface area contributed by atoms with Gasteiger partial charge < -0.3 is 9.72 Å². The number of H-pyrrole nitrogens is 1. The summed E-state index contributed by atoms with van der Waals surface area (Å²) in [7, 11) is 1.69. The maximum Gasteiger partial charge on any atom is 0.179 e. The number of aryl methyl sites for hydroxylation is 1. The summed E-state index contributed by atoms with van der Waals surface area (Å²) in [6, 6.07) is 1.97. The highest BCUT2D eigenvalue weighted by atomic mass is 32.1. The Morgan fingerprint density at radius 3 is 2.88 bits per heavy atom. The number of ether oxygens (including phenoxy) is 1. The molecule has 5 heteroatoms. The second-order valence-electron chi connectivity index (χ2n) is 4.84. The van der Waals surface area contributed by atoms with E-state index in [4.69, 9.17) is 17.0 Å². The summed E-state index contributed by atoms with van der Waals surface area (Å²) in [6.45, 7) is 6.81. The monoisotopic (exact) mass is 251 g/mol. The third-order valence-corrected chi connectivity index (χ3v) is 3.17. The van der Waals surface area contributed by atoms with Crippen molar-refractivity contribution < 1.29 is 4.74 Å². The van der Waals surface area contributed by atoms with Gasteiger partial charge in [0.05, 0.1) is 17.7 Å². The fourth-order valence-electron chi connectivity index (χ4n) is 2.11. The lowest BCUT2D eigenvalue weighted by atomic mass is 10.1. The first kappa shape index (κ1) is 12.3. The largest absolute Gasteiger partial charge is 0.382 e. The Balaban J connectivity index is 2.74. The number of hydrogen-bond donors (Lipinski definition) is 1. The van der Waals surface area contributed by atoms with E-state index in [0.29, 0.717) is 11.4 Å². The van der Waals surface area contributed by atoms with Gasteiger partial charge in [0, 0.05) is 13.3 Å². The molecule has 0 atom stereocenters. The zero-order chi connectivity index (χ0) is 12.6. The topological polar surface area (TPSA) is 42.8 Å². The lowest BCUT2D eigenvalue weighted by Crippen LogP contribution is -2.31. The fourth-order valence-corrected chi connectivity index (χ4v) is 2.54. The molecule has 2 rings (SSSR count). The van der Waals surface area contributed by atoms with Crippen LogP contribution in [0, 0.1) is 11.7 Å². The summed E-state index contributed by atoms with van der Waals surface area (Å²) < 4.78 is 7.96. The predicted molar refractivity (Wildman–Crippen MR) is 70.9 cm³/mol. The number of pyridine rings is 1. The molecule has 0 aliphatic heterocycles. The van der Waals surface area contributed by atoms with Crippen LogP contribution in [0.25, 0.3) is 11.2 Å². The van der Waals surface area contributed by atoms with E-state index >= 15 is 0 Å². The molecule has 0 unspecified atom stereocenters. The van der Waals surface area contributed by atoms with Gasteiger partial charge in [-0.25, -0.2) is 4.98 Å². The van der Waals surface area contributed by atoms with Crippen molar-refractivity contribution >= 4 is 23.4 Å². The maximum atomic E-state index is 5.39. The van der Waals surface area contributed by atoms with Crippen molar-refractivity contribution in [1.82, 2.24) is 14.5 Å². The molecule has 0 bridgehead atoms. The molecule has 0 saturated heterocycles. The lowest BCUT2D eigenvalue weighted by molar-refractivity contribution is 0.111. The second-order valence-corrected chi connectivity index (χ2v) is 5.22. The molecule has 0 aliphatic carbocycles. The van der Waals surface area contributed by atoms with Gasteiger partial charge in [0.15, 0.2) is 10.4 Å². The first-order valence-electron chi connectivity index (χ1n) is 5.53. The predicted octanol–water partition coefficient (Wildman–Crippen LogP) is 2.78. The summed E-state index contributed by atoms with van der Waals surface area (Å²) in [5.74, 6) is 0. The van der Waals surface area contributed by atoms with Crippen LogP contribution in [0.5, 0.6) is 0 Å². The number of nitrogens with zero attached hydrogens (tertiary/aromatic N) is 2. The zero-order valence-corrected chi connectivity index (χ0v) is 11.4. The highest BCUT2D eigenvalue weighted by Gasteiger charge is 2.24. The van der Waals surface area contributed by atoms with Gasteiger partial charge in [0.2, 0.25) is 0 Å². The SMILES string of the molecule is COCC(C)(C)n1c(=S)[nH]c2c(C)ccnc21. The van der Waals surface area contributed by atoms with Crippen LogP contribution in [0.15, 0.2) is 12.3 Å². The Bertz CT molecular complexity index is 597. The van der Waals surface area contributed by atoms with Crippen molar-refractivity contribution in [3.63, 3.8) is 0 Å². The molecule has 2 heterocycles. The average Bonchev–Trinajstić information content (AvgIpc) is 2.56. The molecular weight excluding hydrogens is 234 g/mol. The Kier molecular flexibility index (Phi) is 3.05. The summed E-state index contributed by atoms with van der Waals surface area (Å²) >= 11 is 5.39. The molecule has 0 saturated carbocycles. The summed E-state index contributed by atoms with van der Waals surface area (Å²) in [6.07, 6.45) is 1.81. The van der Waals surface area contributed by atoms with Crippen molar-refractivity contribution in [3.8, 4) is 0 Å². The number of nitrogens with one attached hydrogen (secondary N) is 1. The first-order valence-corrected chi connectivity index (χ1v) is 5.94. The highest BCUT2D eigenvalue weighted by Crippen LogP contribution is 2.24. The van der Waals surface area contributed by atoms with E-state index in [1.165, 1.54) is 0 Å². The summed E-state index contributed by atoms with van der Waals surface area (Å²) in [5, 5.41) is 0. The van der Waals surface area contributed by atoms with Crippen molar-refractivity contribution in [2.24, 2.45) is 0 Å². The van der Waals surface area contributed by atoms with Gasteiger partial charge in [0.1, 0.15) is 0 Å². The van der Waals surface area contributed by atoms with Crippen molar-refractivity contribution in [2.45, 2.75) is 26.3 Å². The molecule has 0 spiro atoms. The molecule has 17 heavy (non-hydrogen) atoms. The molecule has 92 valence electrons. The Morgan fingerprint density at radius 1 is 1.53 bits per heavy atom. The minimum atomic E-state index is -0.217. The van der Waals surface area contributed by atoms with Gasteiger partial charge in [-0.3, -0.25) is 4.57 Å². The van der Waals surface area contributed by atoms with Gasteiger partial charge in [-0.2, -0.15) is 0 Å². The van der Waals surface area contributed by atoms with Crippen molar-refractivity contribution in [2.75, 3.05) is 13.7 Å². The number of imidazole rings is 1. The van der Waals surface area contributed by atoms with Crippen LogP contribution in [-0.2, 0) is 10.3 Å². The van der Waals surface area contributed by atoms with E-state index in [1.807, 2.05) is 17.6 Å². The van der Waals surface area contributed by atoms with Crippen LogP contribution in [-0.4, -0.2) is 28.3 Å². The number of fused-ring (bicyclic) bond motifs is 1. The van der Waals surface area contributed by atoms with Gasteiger partial charge in [-0.1, -0.05) is 0 Å². The Labute approximate surface area is 106 Å². The molecular formula is C12H17N3OS. The minimum Gasteiger partial charge on any atom is -0.382 e. The van der Waals surface area contributed by atoms with Crippen LogP contribution < -0.4 is 0 Å². The quantitative estimate of drug-likeness (QED) is 0.853. The Hall–Kier alpha value is -1.20. The first-order chi connectivity index (χ1) is 7.97. The van der Waals surface area contributed by atoms with Gasteiger partial charge in [-0.15, -0.1) is 0 Å². The van der Waals surface area contributed by atoms with Gasteiger partial charge in [-0.05, 0) is 44.6 Å². The van der Waals surface area contributed by atoms with E-state index in [-0.39, 0.29) is 5.54 Å². The van der Waals surface area contributed by atoms with Gasteiger partial charge in [0.25, 0.3) is 0 Å². The number of rotatable bonds is 3. The van der Waals surface area contributed by atoms with Gasteiger partial charge >= 0.3 is 0 Å². The van der Waals surface area contributed by atoms with E-state index < -0.39 is 0 Å². The third-order valence-electron chi connectivity index (χ3n) is 2.89. The van der Waals surface area contributed by atoms with E-state index in [9.17, 15) is 0 Å². The maximum absolute atomic E-state index is 5.39. The molecule has 0 aromatic carbocycles. The van der Waals surface area contributed by atoms with Crippen LogP contribution >= 0.6 is 12.2 Å². The van der Waals surface area contributed by atoms with E-state index in [0.717, 1.165) is 16.7 Å². The number of aromatic amines is 1. The molecule has 4 nitrogen and oxygen atoms in total. The smallest absolute Gasteiger partial charge is 0.179 e. The summed E-state index contributed by atoms with van der Waals surface area (Å²) in [4.78, 5) is 7.64. The Morgan fingerprint density at radius 2 is 2.24 bits per heavy atom. The highest BCUT2D eigenvalue weighted by molar-refractivity contribution is 7.71. The average molecular weight is 251 g/mol. The van der Waals surface area contributed by atoms with Crippen LogP contribution in [0.2, 0.25) is 0 Å². The molecule has 0 fully saturated rings. The van der Waals surface area contributed by atoms with Crippen LogP contribution in [0.1, 0.15) is 19.4 Å². The number of hydrogen-bond acceptors (Lipinski definition) is 3. The summed E-state index contributed by atoms with van der Waals surface area (Å²) in [5.41, 5.74) is 2.82. The van der Waals surface area contributed by atoms with Crippen molar-refractivity contribution in [1.29, 1.82) is 0 Å². The molecule has 1 N–H and O–H groups in total. The normalized spacial score (nSPS) is 12.2. The molecule has 0 radical (unpaired) electrons. The van der Waals surface area contributed by atoms with E-state index in [2.05, 4.69) is 23.8 Å².